The Morgan fingerprint density at radius 2 is 1.97 bits per heavy atom. The van der Waals surface area contributed by atoms with Gasteiger partial charge in [-0.1, -0.05) is 55.9 Å². The summed E-state index contributed by atoms with van der Waals surface area (Å²) in [6, 6.07) is 1.98. The highest BCUT2D eigenvalue weighted by atomic mass is 19.4. The second kappa shape index (κ2) is 11.2. The minimum Gasteiger partial charge on any atom is -0.391 e. The van der Waals surface area contributed by atoms with Crippen molar-refractivity contribution in [1.29, 1.82) is 0 Å². The van der Waals surface area contributed by atoms with Gasteiger partial charge in [-0.25, -0.2) is 0 Å². The lowest BCUT2D eigenvalue weighted by Gasteiger charge is -2.31. The van der Waals surface area contributed by atoms with Gasteiger partial charge in [-0.05, 0) is 97.1 Å². The Kier molecular flexibility index (Phi) is 2.66. The molecular formula is C29H37F3N2O. The molecule has 2 fully saturated rings. The van der Waals surface area contributed by atoms with E-state index >= 15 is 0 Å². The lowest BCUT2D eigenvalue weighted by molar-refractivity contribution is -0.138. The fraction of sp³-hybridized carbons (Fsp3) is 0.552. The molecule has 190 valence electrons. The van der Waals surface area contributed by atoms with Gasteiger partial charge in [-0.3, -0.25) is 4.90 Å². The predicted molar refractivity (Wildman–Crippen MR) is 135 cm³/mol. The van der Waals surface area contributed by atoms with Crippen molar-refractivity contribution < 1.29 is 55.0 Å². The van der Waals surface area contributed by atoms with E-state index in [1.165, 1.54) is 0 Å². The quantitative estimate of drug-likeness (QED) is 0.267. The molecule has 1 saturated heterocycles. The van der Waals surface area contributed by atoms with Gasteiger partial charge in [-0.15, -0.1) is 0 Å². The van der Waals surface area contributed by atoms with E-state index in [1.807, 2.05) is 0 Å². The summed E-state index contributed by atoms with van der Waals surface area (Å²) in [5.41, 5.74) is -9.70. The third kappa shape index (κ3) is 6.46. The first-order chi connectivity index (χ1) is 27.0. The van der Waals surface area contributed by atoms with Gasteiger partial charge in [0.15, 0.2) is 0 Å². The van der Waals surface area contributed by atoms with Crippen LogP contribution in [-0.2, 0) is 30.4 Å². The van der Waals surface area contributed by atoms with Gasteiger partial charge in [0.1, 0.15) is 6.56 Å². The first-order valence-corrected chi connectivity index (χ1v) is 9.90. The molecule has 0 atom stereocenters. The summed E-state index contributed by atoms with van der Waals surface area (Å²) in [7, 11) is 0. The van der Waals surface area contributed by atoms with Crippen LogP contribution in [0.2, 0.25) is 0 Å². The molecule has 0 bridgehead atoms. The van der Waals surface area contributed by atoms with Crippen LogP contribution in [0.1, 0.15) is 129 Å². The van der Waals surface area contributed by atoms with Gasteiger partial charge in [0, 0.05) is 40.8 Å². The topological polar surface area (TPSA) is 24.8 Å². The number of benzene rings is 2. The molecule has 3 nitrogen and oxygen atoms in total. The number of hydrogen-bond donors (Lipinski definition) is 0. The van der Waals surface area contributed by atoms with E-state index in [-0.39, 0.29) is 17.0 Å². The molecule has 4 rings (SSSR count). The molecule has 0 aromatic heterocycles. The predicted octanol–water partition coefficient (Wildman–Crippen LogP) is 7.71. The highest BCUT2D eigenvalue weighted by Crippen LogP contribution is 2.42. The summed E-state index contributed by atoms with van der Waals surface area (Å²) in [6.07, 6.45) is -27.6. The maximum atomic E-state index is 14.8. The van der Waals surface area contributed by atoms with Crippen LogP contribution in [0.3, 0.4) is 0 Å². The third-order valence-electron chi connectivity index (χ3n) is 4.69. The zero-order valence-corrected chi connectivity index (χ0v) is 18.0. The van der Waals surface area contributed by atoms with Crippen molar-refractivity contribution in [3.63, 3.8) is 0 Å². The van der Waals surface area contributed by atoms with E-state index in [1.54, 1.807) is 0 Å². The maximum Gasteiger partial charge on any atom is 0.416 e. The number of oxime groups is 1. The van der Waals surface area contributed by atoms with E-state index in [9.17, 15) is 13.2 Å². The van der Waals surface area contributed by atoms with Crippen LogP contribution in [0.4, 0.5) is 13.2 Å². The molecule has 0 radical (unpaired) electrons. The van der Waals surface area contributed by atoms with Crippen LogP contribution in [0.5, 0.6) is 0 Å². The molecule has 6 heteroatoms. The van der Waals surface area contributed by atoms with Gasteiger partial charge in [-0.2, -0.15) is 13.2 Å². The highest BCUT2D eigenvalue weighted by molar-refractivity contribution is 5.98. The third-order valence-corrected chi connectivity index (χ3v) is 4.69. The summed E-state index contributed by atoms with van der Waals surface area (Å²) in [5.74, 6) is -7.52. The Morgan fingerprint density at radius 3 is 2.69 bits per heavy atom. The van der Waals surface area contributed by atoms with Crippen LogP contribution >= 0.6 is 0 Å². The zero-order valence-electron chi connectivity index (χ0n) is 45.0. The standard InChI is InChI=1S/C29H37F3N2O/c1-4-23-17-25(11-12-26(23)18-34-14-5-15-34)21(3)33-35-19-22-8-13-27(28(16-22)29(30,31)32)24-9-6-20(2)7-10-24/h8,11-13,16-17,20,24H,4-7,9-10,14-15,18-19H2,1-3H3/b33-21+/i1D3,3D3,4D2,5D,6D2,7D2,9D2,10D2,14D2,15D2,18D2,19D2,20D,24D. The van der Waals surface area contributed by atoms with E-state index < -0.39 is 135 Å². The number of aryl methyl sites for hydroxylation is 1. The smallest absolute Gasteiger partial charge is 0.391 e. The molecule has 1 saturated carbocycles. The van der Waals surface area contributed by atoms with Crippen LogP contribution in [0.15, 0.2) is 41.6 Å². The average molecular weight is 514 g/mol. The number of likely N-dealkylation sites (tertiary alicyclic amines) is 1. The SMILES string of the molecule is [2H]C1C([2H])([2H])N(C([2H])([2H])c2ccc(/C(=N/OC([2H])([2H])c3ccc(C4([2H])C([2H])([2H])C([2H])([2H])C([2H])(C)C([2H])([2H])C4([2H])[2H])c(C(F)(F)F)c3)C([2H])([2H])[2H])cc2C([2H])([2H])C([2H])([2H])[2H])C1([2H])[2H]. The Morgan fingerprint density at radius 1 is 1.17 bits per heavy atom. The molecule has 0 N–H and O–H groups in total. The van der Waals surface area contributed by atoms with E-state index in [4.69, 9.17) is 41.8 Å². The summed E-state index contributed by atoms with van der Waals surface area (Å²) < 4.78 is 267. The molecule has 0 spiro atoms. The maximum absolute atomic E-state index is 14.8. The molecule has 2 aromatic rings. The number of hydrogen-bond acceptors (Lipinski definition) is 3. The molecule has 0 unspecified atom stereocenters. The van der Waals surface area contributed by atoms with E-state index in [0.29, 0.717) is 31.2 Å². The van der Waals surface area contributed by atoms with Gasteiger partial charge in [0.05, 0.1) is 14.0 Å². The minimum absolute atomic E-state index is 0.104. The Labute approximate surface area is 245 Å². The van der Waals surface area contributed by atoms with Crippen molar-refractivity contribution in [1.82, 2.24) is 4.90 Å². The van der Waals surface area contributed by atoms with Gasteiger partial charge in [0.25, 0.3) is 0 Å². The largest absolute Gasteiger partial charge is 0.416 e. The van der Waals surface area contributed by atoms with Crippen molar-refractivity contribution >= 4 is 5.71 Å². The highest BCUT2D eigenvalue weighted by Gasteiger charge is 2.36. The number of halogens is 3. The molecule has 2 aromatic carbocycles. The fourth-order valence-corrected chi connectivity index (χ4v) is 2.95. The summed E-state index contributed by atoms with van der Waals surface area (Å²) in [6.45, 7) is -20.1. The fourth-order valence-electron chi connectivity index (χ4n) is 2.95. The van der Waals surface area contributed by atoms with E-state index in [2.05, 4.69) is 5.16 Å². The summed E-state index contributed by atoms with van der Waals surface area (Å²) >= 11 is 0. The van der Waals surface area contributed by atoms with Gasteiger partial charge < -0.3 is 4.84 Å². The van der Waals surface area contributed by atoms with Crippen LogP contribution in [0, 0.1) is 5.89 Å². The van der Waals surface area contributed by atoms with Crippen LogP contribution in [0.25, 0.3) is 0 Å². The summed E-state index contributed by atoms with van der Waals surface area (Å²) in [4.78, 5) is 4.68. The normalized spacial score (nSPS) is 48.3. The minimum atomic E-state index is -5.77. The Bertz CT molecular complexity index is 2080. The van der Waals surface area contributed by atoms with Crippen molar-refractivity contribution in [2.45, 2.75) is 84.0 Å². The monoisotopic (exact) mass is 513 g/mol. The number of nitrogens with zero attached hydrogens (tertiary/aromatic N) is 2. The molecule has 1 heterocycles. The molecule has 35 heavy (non-hydrogen) atoms. The molecule has 1 aliphatic carbocycles. The van der Waals surface area contributed by atoms with Crippen LogP contribution < -0.4 is 0 Å². The number of rotatable bonds is 8. The number of alkyl halides is 3. The first-order valence-electron chi connectivity index (χ1n) is 23.5. The Hall–Kier alpha value is -2.34. The lowest BCUT2D eigenvalue weighted by Crippen LogP contribution is -2.36. The van der Waals surface area contributed by atoms with Crippen LogP contribution in [-0.4, -0.2) is 23.6 Å². The Balaban J connectivity index is 1.94. The van der Waals surface area contributed by atoms with Crippen molar-refractivity contribution in [2.24, 2.45) is 11.0 Å². The van der Waals surface area contributed by atoms with Crippen molar-refractivity contribution in [3.8, 4) is 0 Å². The zero-order chi connectivity index (χ0) is 48.9. The van der Waals surface area contributed by atoms with Crippen molar-refractivity contribution in [2.75, 3.05) is 13.0 Å². The molecule has 0 amide bonds. The average Bonchev–Trinajstić information content (AvgIpc) is 3.07. The molecule has 2 aliphatic rings. The first kappa shape index (κ1) is 8.34. The lowest BCUT2D eigenvalue weighted by atomic mass is 9.78. The van der Waals surface area contributed by atoms with Gasteiger partial charge in [0.2, 0.25) is 0 Å². The molecule has 1 aliphatic heterocycles. The van der Waals surface area contributed by atoms with Gasteiger partial charge >= 0.3 is 6.18 Å². The molecular weight excluding hydrogens is 449 g/mol. The second-order valence-electron chi connectivity index (χ2n) is 7.13. The van der Waals surface area contributed by atoms with Crippen molar-refractivity contribution in [3.05, 3.63) is 69.8 Å². The van der Waals surface area contributed by atoms with E-state index in [0.717, 1.165) is 0 Å². The second-order valence-corrected chi connectivity index (χ2v) is 7.13. The summed E-state index contributed by atoms with van der Waals surface area (Å²) in [5, 5.41) is 3.24.